The fraction of sp³-hybridized carbons (Fsp3) is 0.190. The molecule has 3 rings (SSSR count). The first kappa shape index (κ1) is 19.2. The summed E-state index contributed by atoms with van der Waals surface area (Å²) in [5, 5.41) is 3.44. The lowest BCUT2D eigenvalue weighted by molar-refractivity contribution is 0.0824. The van der Waals surface area contributed by atoms with Gasteiger partial charge >= 0.3 is 0 Å². The molecule has 0 aliphatic heterocycles. The number of benzene rings is 2. The van der Waals surface area contributed by atoms with E-state index in [4.69, 9.17) is 4.74 Å². The highest BCUT2D eigenvalue weighted by atomic mass is 16.5. The van der Waals surface area contributed by atoms with Gasteiger partial charge in [0.1, 0.15) is 5.75 Å². The van der Waals surface area contributed by atoms with Crippen molar-refractivity contribution < 1.29 is 14.3 Å². The number of hydrogen-bond donors (Lipinski definition) is 1. The number of rotatable bonds is 4. The average Bonchev–Trinajstić information content (AvgIpc) is 2.69. The van der Waals surface area contributed by atoms with Crippen molar-refractivity contribution in [1.82, 2.24) is 9.47 Å². The minimum Gasteiger partial charge on any atom is -0.496 e. The van der Waals surface area contributed by atoms with Gasteiger partial charge in [-0.2, -0.15) is 0 Å². The molecule has 0 atom stereocenters. The predicted molar refractivity (Wildman–Crippen MR) is 108 cm³/mol. The van der Waals surface area contributed by atoms with Crippen LogP contribution >= 0.6 is 0 Å². The van der Waals surface area contributed by atoms with Crippen molar-refractivity contribution in [1.29, 1.82) is 0 Å². The summed E-state index contributed by atoms with van der Waals surface area (Å²) in [7, 11) is 6.42. The zero-order chi connectivity index (χ0) is 20.4. The highest BCUT2D eigenvalue weighted by molar-refractivity contribution is 6.12. The standard InChI is InChI=1S/C21H21N3O4/c1-23(2)21(27)16-11-13(9-10-18(16)28-4)22-20(26)15-12-19(25)24(3)17-8-6-5-7-14(15)17/h5-12H,1-4H3,(H,22,26). The molecule has 0 bridgehead atoms. The van der Waals surface area contributed by atoms with Gasteiger partial charge in [0.2, 0.25) is 0 Å². The van der Waals surface area contributed by atoms with Crippen LogP contribution in [0.3, 0.4) is 0 Å². The summed E-state index contributed by atoms with van der Waals surface area (Å²) in [6.07, 6.45) is 0. The monoisotopic (exact) mass is 379 g/mol. The number of hydrogen-bond acceptors (Lipinski definition) is 4. The second-order valence-electron chi connectivity index (χ2n) is 6.54. The number of aromatic nitrogens is 1. The van der Waals surface area contributed by atoms with Gasteiger partial charge in [0.25, 0.3) is 17.4 Å². The van der Waals surface area contributed by atoms with Crippen LogP contribution in [-0.4, -0.2) is 42.5 Å². The maximum Gasteiger partial charge on any atom is 0.257 e. The van der Waals surface area contributed by atoms with Crippen LogP contribution in [0.4, 0.5) is 5.69 Å². The number of amides is 2. The van der Waals surface area contributed by atoms with Gasteiger partial charge in [-0.25, -0.2) is 0 Å². The second kappa shape index (κ2) is 7.56. The van der Waals surface area contributed by atoms with E-state index >= 15 is 0 Å². The maximum absolute atomic E-state index is 12.9. The summed E-state index contributed by atoms with van der Waals surface area (Å²) < 4.78 is 6.74. The molecule has 0 aliphatic rings. The van der Waals surface area contributed by atoms with Gasteiger partial charge in [0, 0.05) is 38.3 Å². The Hall–Kier alpha value is -3.61. The molecule has 0 unspecified atom stereocenters. The van der Waals surface area contributed by atoms with Crippen molar-refractivity contribution in [3.63, 3.8) is 0 Å². The molecule has 1 heterocycles. The fourth-order valence-corrected chi connectivity index (χ4v) is 2.99. The van der Waals surface area contributed by atoms with Gasteiger partial charge in [-0.3, -0.25) is 14.4 Å². The van der Waals surface area contributed by atoms with Gasteiger partial charge in [-0.05, 0) is 24.3 Å². The SMILES string of the molecule is COc1ccc(NC(=O)c2cc(=O)n(C)c3ccccc23)cc1C(=O)N(C)C. The van der Waals surface area contributed by atoms with E-state index in [1.807, 2.05) is 12.1 Å². The first-order valence-electron chi connectivity index (χ1n) is 8.63. The van der Waals surface area contributed by atoms with E-state index in [9.17, 15) is 14.4 Å². The van der Waals surface area contributed by atoms with Crippen LogP contribution in [0.25, 0.3) is 10.9 Å². The van der Waals surface area contributed by atoms with Crippen LogP contribution in [0.1, 0.15) is 20.7 Å². The van der Waals surface area contributed by atoms with Crippen LogP contribution < -0.4 is 15.6 Å². The first-order valence-corrected chi connectivity index (χ1v) is 8.63. The predicted octanol–water partition coefficient (Wildman–Crippen LogP) is 2.50. The molecule has 3 aromatic rings. The van der Waals surface area contributed by atoms with E-state index < -0.39 is 5.91 Å². The van der Waals surface area contributed by atoms with Gasteiger partial charge in [-0.1, -0.05) is 18.2 Å². The molecule has 0 radical (unpaired) electrons. The molecule has 7 nitrogen and oxygen atoms in total. The normalized spacial score (nSPS) is 10.6. The number of methoxy groups -OCH3 is 1. The van der Waals surface area contributed by atoms with Crippen molar-refractivity contribution >= 4 is 28.4 Å². The van der Waals surface area contributed by atoms with Crippen LogP contribution in [-0.2, 0) is 7.05 Å². The largest absolute Gasteiger partial charge is 0.496 e. The van der Waals surface area contributed by atoms with Crippen molar-refractivity contribution in [3.05, 3.63) is 70.0 Å². The molecular weight excluding hydrogens is 358 g/mol. The van der Waals surface area contributed by atoms with Gasteiger partial charge in [0.15, 0.2) is 0 Å². The first-order chi connectivity index (χ1) is 13.3. The highest BCUT2D eigenvalue weighted by Gasteiger charge is 2.17. The topological polar surface area (TPSA) is 80.6 Å². The summed E-state index contributed by atoms with van der Waals surface area (Å²) in [6.45, 7) is 0. The number of fused-ring (bicyclic) bond motifs is 1. The molecule has 0 saturated carbocycles. The lowest BCUT2D eigenvalue weighted by Gasteiger charge is -2.15. The summed E-state index contributed by atoms with van der Waals surface area (Å²) in [5.41, 5.74) is 1.43. The summed E-state index contributed by atoms with van der Waals surface area (Å²) in [4.78, 5) is 38.9. The zero-order valence-corrected chi connectivity index (χ0v) is 16.1. The maximum atomic E-state index is 12.9. The Morgan fingerprint density at radius 2 is 1.75 bits per heavy atom. The molecular formula is C21H21N3O4. The molecule has 7 heteroatoms. The molecule has 0 fully saturated rings. The molecule has 144 valence electrons. The number of nitrogens with one attached hydrogen (secondary N) is 1. The number of carbonyl (C=O) groups excluding carboxylic acids is 2. The Labute approximate surface area is 162 Å². The third-order valence-electron chi connectivity index (χ3n) is 4.49. The van der Waals surface area contributed by atoms with Crippen LogP contribution in [0, 0.1) is 0 Å². The average molecular weight is 379 g/mol. The molecule has 0 aliphatic carbocycles. The quantitative estimate of drug-likeness (QED) is 0.755. The number of pyridine rings is 1. The van der Waals surface area contributed by atoms with E-state index in [1.54, 1.807) is 51.5 Å². The molecule has 0 saturated heterocycles. The van der Waals surface area contributed by atoms with Crippen LogP contribution in [0.15, 0.2) is 53.3 Å². The number of anilines is 1. The van der Waals surface area contributed by atoms with Crippen molar-refractivity contribution in [3.8, 4) is 5.75 Å². The van der Waals surface area contributed by atoms with Crippen molar-refractivity contribution in [2.24, 2.45) is 7.05 Å². The number of para-hydroxylation sites is 1. The minimum absolute atomic E-state index is 0.244. The third kappa shape index (κ3) is 3.46. The Balaban J connectivity index is 2.02. The van der Waals surface area contributed by atoms with Crippen LogP contribution in [0.5, 0.6) is 5.75 Å². The number of carbonyl (C=O) groups is 2. The number of aryl methyl sites for hydroxylation is 1. The molecule has 28 heavy (non-hydrogen) atoms. The Morgan fingerprint density at radius 3 is 2.43 bits per heavy atom. The van der Waals surface area contributed by atoms with Gasteiger partial charge < -0.3 is 19.5 Å². The van der Waals surface area contributed by atoms with E-state index in [-0.39, 0.29) is 17.0 Å². The Bertz CT molecular complexity index is 1130. The minimum atomic E-state index is -0.428. The summed E-state index contributed by atoms with van der Waals surface area (Å²) in [6, 6.07) is 13.3. The fourth-order valence-electron chi connectivity index (χ4n) is 2.99. The molecule has 0 spiro atoms. The molecule has 2 amide bonds. The Kier molecular flexibility index (Phi) is 5.17. The zero-order valence-electron chi connectivity index (χ0n) is 16.1. The lowest BCUT2D eigenvalue weighted by atomic mass is 10.1. The van der Waals surface area contributed by atoms with E-state index in [1.165, 1.54) is 22.6 Å². The van der Waals surface area contributed by atoms with Gasteiger partial charge in [-0.15, -0.1) is 0 Å². The highest BCUT2D eigenvalue weighted by Crippen LogP contribution is 2.25. The van der Waals surface area contributed by atoms with E-state index in [0.29, 0.717) is 27.9 Å². The number of ether oxygens (including phenoxy) is 1. The van der Waals surface area contributed by atoms with E-state index in [2.05, 4.69) is 5.32 Å². The smallest absolute Gasteiger partial charge is 0.257 e. The lowest BCUT2D eigenvalue weighted by Crippen LogP contribution is -2.23. The van der Waals surface area contributed by atoms with Crippen LogP contribution in [0.2, 0.25) is 0 Å². The summed E-state index contributed by atoms with van der Waals surface area (Å²) >= 11 is 0. The molecule has 1 aromatic heterocycles. The molecule has 2 aromatic carbocycles. The van der Waals surface area contributed by atoms with Crippen molar-refractivity contribution in [2.45, 2.75) is 0 Å². The Morgan fingerprint density at radius 1 is 1.04 bits per heavy atom. The van der Waals surface area contributed by atoms with Gasteiger partial charge in [0.05, 0.1) is 23.8 Å². The van der Waals surface area contributed by atoms with E-state index in [0.717, 1.165) is 0 Å². The van der Waals surface area contributed by atoms with Crippen molar-refractivity contribution in [2.75, 3.05) is 26.5 Å². The molecule has 1 N–H and O–H groups in total. The summed E-state index contributed by atoms with van der Waals surface area (Å²) in [5.74, 6) is -0.259. The number of nitrogens with zero attached hydrogens (tertiary/aromatic N) is 2. The third-order valence-corrected chi connectivity index (χ3v) is 4.49. The second-order valence-corrected chi connectivity index (χ2v) is 6.54.